The molecular weight excluding hydrogens is 264 g/mol. The highest BCUT2D eigenvalue weighted by Gasteiger charge is 2.19. The summed E-state index contributed by atoms with van der Waals surface area (Å²) < 4.78 is 0. The number of hydrogen-bond acceptors (Lipinski definition) is 3. The summed E-state index contributed by atoms with van der Waals surface area (Å²) in [6.45, 7) is 12.3. The van der Waals surface area contributed by atoms with Crippen LogP contribution in [-0.4, -0.2) is 30.6 Å². The minimum absolute atomic E-state index is 0.651. The van der Waals surface area contributed by atoms with Gasteiger partial charge in [0.05, 0.1) is 0 Å². The van der Waals surface area contributed by atoms with Crippen molar-refractivity contribution in [1.82, 2.24) is 5.32 Å². The lowest BCUT2D eigenvalue weighted by Crippen LogP contribution is -2.40. The highest BCUT2D eigenvalue weighted by molar-refractivity contribution is 7.99. The highest BCUT2D eigenvalue weighted by Crippen LogP contribution is 2.25. The number of aryl methyl sites for hydroxylation is 1. The van der Waals surface area contributed by atoms with Gasteiger partial charge in [0.15, 0.2) is 0 Å². The summed E-state index contributed by atoms with van der Waals surface area (Å²) in [7, 11) is 0. The van der Waals surface area contributed by atoms with E-state index < -0.39 is 0 Å². The van der Waals surface area contributed by atoms with Crippen LogP contribution < -0.4 is 10.2 Å². The van der Waals surface area contributed by atoms with Crippen LogP contribution >= 0.6 is 11.8 Å². The molecular formula is C17H28N2S. The first-order chi connectivity index (χ1) is 9.58. The van der Waals surface area contributed by atoms with E-state index in [0.717, 1.165) is 13.1 Å². The Morgan fingerprint density at radius 3 is 2.85 bits per heavy atom. The summed E-state index contributed by atoms with van der Waals surface area (Å²) in [4.78, 5) is 2.55. The van der Waals surface area contributed by atoms with E-state index in [4.69, 9.17) is 0 Å². The molecule has 0 amide bonds. The molecule has 0 spiro atoms. The zero-order valence-corrected chi connectivity index (χ0v) is 14.1. The van der Waals surface area contributed by atoms with Crippen molar-refractivity contribution in [2.75, 3.05) is 29.5 Å². The summed E-state index contributed by atoms with van der Waals surface area (Å²) in [6.07, 6.45) is 0. The fraction of sp³-hybridized carbons (Fsp3) is 0.647. The fourth-order valence-electron chi connectivity index (χ4n) is 2.66. The number of thioether (sulfide) groups is 1. The van der Waals surface area contributed by atoms with Crippen LogP contribution in [-0.2, 0) is 6.54 Å². The van der Waals surface area contributed by atoms with E-state index in [1.165, 1.54) is 34.9 Å². The normalized spacial score (nSPS) is 19.6. The van der Waals surface area contributed by atoms with Gasteiger partial charge in [-0.25, -0.2) is 0 Å². The van der Waals surface area contributed by atoms with Gasteiger partial charge in [-0.2, -0.15) is 11.8 Å². The topological polar surface area (TPSA) is 15.3 Å². The SMILES string of the molecule is Cc1cc(N2CCSCC2C)ccc1CNCC(C)C. The molecule has 1 fully saturated rings. The quantitative estimate of drug-likeness (QED) is 0.891. The lowest BCUT2D eigenvalue weighted by atomic mass is 10.1. The van der Waals surface area contributed by atoms with Gasteiger partial charge in [0, 0.05) is 36.3 Å². The van der Waals surface area contributed by atoms with Crippen molar-refractivity contribution in [2.24, 2.45) is 5.92 Å². The Bertz CT molecular complexity index is 431. The number of hydrogen-bond donors (Lipinski definition) is 1. The lowest BCUT2D eigenvalue weighted by molar-refractivity contribution is 0.551. The molecule has 1 atom stereocenters. The van der Waals surface area contributed by atoms with Crippen molar-refractivity contribution in [2.45, 2.75) is 40.3 Å². The predicted molar refractivity (Wildman–Crippen MR) is 91.9 cm³/mol. The van der Waals surface area contributed by atoms with Gasteiger partial charge >= 0.3 is 0 Å². The minimum atomic E-state index is 0.651. The summed E-state index contributed by atoms with van der Waals surface area (Å²) in [5, 5.41) is 3.53. The molecule has 2 nitrogen and oxygen atoms in total. The second kappa shape index (κ2) is 7.37. The molecule has 0 saturated carbocycles. The molecule has 3 heteroatoms. The standard InChI is InChI=1S/C17H28N2S/c1-13(2)10-18-11-16-5-6-17(9-14(16)3)19-7-8-20-12-15(19)4/h5-6,9,13,15,18H,7-8,10-12H2,1-4H3. The van der Waals surface area contributed by atoms with Crippen LogP contribution in [0.2, 0.25) is 0 Å². The van der Waals surface area contributed by atoms with E-state index in [1.54, 1.807) is 0 Å². The van der Waals surface area contributed by atoms with Gasteiger partial charge in [-0.05, 0) is 49.6 Å². The molecule has 1 unspecified atom stereocenters. The molecule has 1 aliphatic heterocycles. The molecule has 0 bridgehead atoms. The summed E-state index contributed by atoms with van der Waals surface area (Å²) in [6, 6.07) is 7.61. The lowest BCUT2D eigenvalue weighted by Gasteiger charge is -2.35. The van der Waals surface area contributed by atoms with Crippen LogP contribution in [0, 0.1) is 12.8 Å². The van der Waals surface area contributed by atoms with E-state index in [1.807, 2.05) is 0 Å². The number of nitrogens with one attached hydrogen (secondary N) is 1. The molecule has 1 saturated heterocycles. The maximum atomic E-state index is 3.53. The Balaban J connectivity index is 2.01. The van der Waals surface area contributed by atoms with Crippen LogP contribution in [0.15, 0.2) is 18.2 Å². The molecule has 0 aliphatic carbocycles. The maximum absolute atomic E-state index is 3.53. The van der Waals surface area contributed by atoms with Crippen molar-refractivity contribution in [1.29, 1.82) is 0 Å². The number of anilines is 1. The summed E-state index contributed by atoms with van der Waals surface area (Å²) in [5.41, 5.74) is 4.22. The van der Waals surface area contributed by atoms with Crippen molar-refractivity contribution in [3.8, 4) is 0 Å². The van der Waals surface area contributed by atoms with Crippen molar-refractivity contribution in [3.63, 3.8) is 0 Å². The van der Waals surface area contributed by atoms with E-state index in [-0.39, 0.29) is 0 Å². The Labute approximate surface area is 128 Å². The fourth-order valence-corrected chi connectivity index (χ4v) is 3.68. The van der Waals surface area contributed by atoms with Crippen molar-refractivity contribution >= 4 is 17.4 Å². The van der Waals surface area contributed by atoms with Crippen LogP contribution in [0.4, 0.5) is 5.69 Å². The Kier molecular flexibility index (Phi) is 5.79. The smallest absolute Gasteiger partial charge is 0.0372 e. The Hall–Kier alpha value is -0.670. The number of benzene rings is 1. The molecule has 20 heavy (non-hydrogen) atoms. The molecule has 1 aromatic rings. The van der Waals surface area contributed by atoms with Crippen molar-refractivity contribution < 1.29 is 0 Å². The third-order valence-electron chi connectivity index (χ3n) is 3.89. The molecule has 1 aliphatic rings. The summed E-state index contributed by atoms with van der Waals surface area (Å²) >= 11 is 2.07. The first-order valence-corrected chi connectivity index (χ1v) is 8.88. The van der Waals surface area contributed by atoms with Gasteiger partial charge in [0.1, 0.15) is 0 Å². The third kappa shape index (κ3) is 4.16. The van der Waals surface area contributed by atoms with Gasteiger partial charge in [0.25, 0.3) is 0 Å². The number of nitrogens with zero attached hydrogens (tertiary/aromatic N) is 1. The van der Waals surface area contributed by atoms with E-state index in [2.05, 4.69) is 67.9 Å². The average Bonchev–Trinajstić information content (AvgIpc) is 2.41. The monoisotopic (exact) mass is 292 g/mol. The molecule has 1 heterocycles. The minimum Gasteiger partial charge on any atom is -0.367 e. The zero-order valence-electron chi connectivity index (χ0n) is 13.3. The van der Waals surface area contributed by atoms with E-state index in [9.17, 15) is 0 Å². The molecule has 0 aromatic heterocycles. The van der Waals surface area contributed by atoms with Crippen LogP contribution in [0.25, 0.3) is 0 Å². The van der Waals surface area contributed by atoms with Gasteiger partial charge in [-0.3, -0.25) is 0 Å². The highest BCUT2D eigenvalue weighted by atomic mass is 32.2. The van der Waals surface area contributed by atoms with Gasteiger partial charge in [-0.15, -0.1) is 0 Å². The first-order valence-electron chi connectivity index (χ1n) is 7.72. The maximum Gasteiger partial charge on any atom is 0.0372 e. The molecule has 0 radical (unpaired) electrons. The van der Waals surface area contributed by atoms with Gasteiger partial charge in [-0.1, -0.05) is 19.9 Å². The molecule has 2 rings (SSSR count). The average molecular weight is 292 g/mol. The third-order valence-corrected chi connectivity index (χ3v) is 5.08. The van der Waals surface area contributed by atoms with Gasteiger partial charge < -0.3 is 10.2 Å². The molecule has 1 N–H and O–H groups in total. The first kappa shape index (κ1) is 15.7. The second-order valence-electron chi connectivity index (χ2n) is 6.25. The number of rotatable bonds is 5. The largest absolute Gasteiger partial charge is 0.367 e. The van der Waals surface area contributed by atoms with Crippen LogP contribution in [0.5, 0.6) is 0 Å². The zero-order chi connectivity index (χ0) is 14.5. The van der Waals surface area contributed by atoms with E-state index >= 15 is 0 Å². The van der Waals surface area contributed by atoms with E-state index in [0.29, 0.717) is 12.0 Å². The van der Waals surface area contributed by atoms with Gasteiger partial charge in [0.2, 0.25) is 0 Å². The van der Waals surface area contributed by atoms with Crippen LogP contribution in [0.3, 0.4) is 0 Å². The second-order valence-corrected chi connectivity index (χ2v) is 7.40. The Morgan fingerprint density at radius 2 is 2.20 bits per heavy atom. The van der Waals surface area contributed by atoms with Crippen molar-refractivity contribution in [3.05, 3.63) is 29.3 Å². The molecule has 1 aromatic carbocycles. The Morgan fingerprint density at radius 1 is 1.40 bits per heavy atom. The molecule has 112 valence electrons. The van der Waals surface area contributed by atoms with Crippen LogP contribution in [0.1, 0.15) is 31.9 Å². The summed E-state index contributed by atoms with van der Waals surface area (Å²) in [5.74, 6) is 3.21. The predicted octanol–water partition coefficient (Wildman–Crippen LogP) is 3.68.